The van der Waals surface area contributed by atoms with Crippen molar-refractivity contribution in [1.82, 2.24) is 5.32 Å². The van der Waals surface area contributed by atoms with Crippen molar-refractivity contribution in [2.75, 3.05) is 7.05 Å². The third kappa shape index (κ3) is 3.11. The van der Waals surface area contributed by atoms with Crippen molar-refractivity contribution < 1.29 is 4.74 Å². The van der Waals surface area contributed by atoms with Gasteiger partial charge in [-0.3, -0.25) is 0 Å². The predicted molar refractivity (Wildman–Crippen MR) is 80.8 cm³/mol. The summed E-state index contributed by atoms with van der Waals surface area (Å²) in [6.45, 7) is 9.08. The van der Waals surface area contributed by atoms with Crippen LogP contribution in [0.1, 0.15) is 52.0 Å². The van der Waals surface area contributed by atoms with Crippen LogP contribution < -0.4 is 10.1 Å². The number of hydrogen-bond acceptors (Lipinski definition) is 2. The van der Waals surface area contributed by atoms with Crippen LogP contribution in [-0.2, 0) is 0 Å². The van der Waals surface area contributed by atoms with E-state index in [0.29, 0.717) is 17.4 Å². The number of rotatable bonds is 4. The zero-order valence-corrected chi connectivity index (χ0v) is 12.9. The van der Waals surface area contributed by atoms with Crippen LogP contribution in [0.3, 0.4) is 0 Å². The van der Waals surface area contributed by atoms with Crippen molar-refractivity contribution in [1.29, 1.82) is 0 Å². The quantitative estimate of drug-likeness (QED) is 0.885. The van der Waals surface area contributed by atoms with Crippen LogP contribution >= 0.6 is 0 Å². The van der Waals surface area contributed by atoms with Crippen molar-refractivity contribution in [2.45, 2.75) is 58.6 Å². The molecule has 2 nitrogen and oxygen atoms in total. The van der Waals surface area contributed by atoms with Gasteiger partial charge in [0.25, 0.3) is 0 Å². The molecule has 0 amide bonds. The molecule has 0 saturated heterocycles. The fourth-order valence-electron chi connectivity index (χ4n) is 3.17. The average Bonchev–Trinajstić information content (AvgIpc) is 2.64. The Morgan fingerprint density at radius 3 is 2.68 bits per heavy atom. The van der Waals surface area contributed by atoms with E-state index in [1.165, 1.54) is 12.0 Å². The first kappa shape index (κ1) is 14.4. The summed E-state index contributed by atoms with van der Waals surface area (Å²) in [6.07, 6.45) is 2.62. The minimum atomic E-state index is 0.280. The van der Waals surface area contributed by atoms with E-state index >= 15 is 0 Å². The van der Waals surface area contributed by atoms with Crippen LogP contribution in [0.15, 0.2) is 24.3 Å². The number of likely N-dealkylation sites (N-methyl/N-ethyl adjacent to an activating group) is 1. The van der Waals surface area contributed by atoms with Crippen molar-refractivity contribution in [2.24, 2.45) is 5.41 Å². The van der Waals surface area contributed by atoms with Gasteiger partial charge >= 0.3 is 0 Å². The molecule has 0 spiro atoms. The molecule has 1 aromatic carbocycles. The van der Waals surface area contributed by atoms with Crippen LogP contribution in [0.2, 0.25) is 0 Å². The summed E-state index contributed by atoms with van der Waals surface area (Å²) >= 11 is 0. The van der Waals surface area contributed by atoms with Crippen LogP contribution in [0, 0.1) is 5.41 Å². The van der Waals surface area contributed by atoms with E-state index in [1.807, 2.05) is 7.05 Å². The summed E-state index contributed by atoms with van der Waals surface area (Å²) in [5, 5.41) is 3.44. The number of hydrogen-bond donors (Lipinski definition) is 1. The molecule has 0 bridgehead atoms. The summed E-state index contributed by atoms with van der Waals surface area (Å²) in [7, 11) is 2.04. The molecular weight excluding hydrogens is 234 g/mol. The molecule has 1 saturated carbocycles. The van der Waals surface area contributed by atoms with Crippen molar-refractivity contribution in [3.05, 3.63) is 29.8 Å². The van der Waals surface area contributed by atoms with Crippen molar-refractivity contribution in [3.63, 3.8) is 0 Å². The van der Waals surface area contributed by atoms with Gasteiger partial charge in [0.15, 0.2) is 0 Å². The highest BCUT2D eigenvalue weighted by atomic mass is 16.5. The SMILES string of the molecule is CNC1C(Oc2cccc(C(C)C)c2)CCC1(C)C. The Labute approximate surface area is 117 Å². The van der Waals surface area contributed by atoms with Crippen LogP contribution in [-0.4, -0.2) is 19.2 Å². The lowest BCUT2D eigenvalue weighted by Crippen LogP contribution is -2.44. The maximum absolute atomic E-state index is 6.24. The van der Waals surface area contributed by atoms with E-state index in [-0.39, 0.29) is 6.10 Å². The molecule has 0 aromatic heterocycles. The molecule has 2 atom stereocenters. The minimum absolute atomic E-state index is 0.280. The first-order valence-corrected chi connectivity index (χ1v) is 7.38. The predicted octanol–water partition coefficient (Wildman–Crippen LogP) is 3.97. The Hall–Kier alpha value is -1.02. The third-order valence-corrected chi connectivity index (χ3v) is 4.41. The minimum Gasteiger partial charge on any atom is -0.489 e. The summed E-state index contributed by atoms with van der Waals surface area (Å²) in [5.74, 6) is 1.55. The summed E-state index contributed by atoms with van der Waals surface area (Å²) in [6, 6.07) is 8.95. The largest absolute Gasteiger partial charge is 0.489 e. The van der Waals surface area contributed by atoms with Gasteiger partial charge in [0.05, 0.1) is 0 Å². The van der Waals surface area contributed by atoms with Crippen molar-refractivity contribution >= 4 is 0 Å². The lowest BCUT2D eigenvalue weighted by molar-refractivity contribution is 0.145. The normalized spacial score (nSPS) is 25.8. The molecule has 1 aliphatic carbocycles. The smallest absolute Gasteiger partial charge is 0.120 e. The Morgan fingerprint density at radius 2 is 2.05 bits per heavy atom. The zero-order valence-electron chi connectivity index (χ0n) is 12.9. The lowest BCUT2D eigenvalue weighted by Gasteiger charge is -2.30. The van der Waals surface area contributed by atoms with Gasteiger partial charge in [-0.2, -0.15) is 0 Å². The van der Waals surface area contributed by atoms with Crippen LogP contribution in [0.4, 0.5) is 0 Å². The molecule has 106 valence electrons. The third-order valence-electron chi connectivity index (χ3n) is 4.41. The number of ether oxygens (including phenoxy) is 1. The molecular formula is C17H27NO. The molecule has 1 N–H and O–H groups in total. The first-order valence-electron chi connectivity index (χ1n) is 7.38. The second-order valence-corrected chi connectivity index (χ2v) is 6.68. The molecule has 1 aliphatic rings. The topological polar surface area (TPSA) is 21.3 Å². The highest BCUT2D eigenvalue weighted by molar-refractivity contribution is 5.30. The average molecular weight is 261 g/mol. The Balaban J connectivity index is 2.11. The lowest BCUT2D eigenvalue weighted by atomic mass is 9.87. The van der Waals surface area contributed by atoms with E-state index in [2.05, 4.69) is 57.3 Å². The maximum Gasteiger partial charge on any atom is 0.120 e. The summed E-state index contributed by atoms with van der Waals surface area (Å²) < 4.78 is 6.24. The monoisotopic (exact) mass is 261 g/mol. The Kier molecular flexibility index (Phi) is 4.19. The molecule has 2 rings (SSSR count). The van der Waals surface area contributed by atoms with Crippen LogP contribution in [0.5, 0.6) is 5.75 Å². The van der Waals surface area contributed by atoms with Gasteiger partial charge in [0.1, 0.15) is 11.9 Å². The Morgan fingerprint density at radius 1 is 1.32 bits per heavy atom. The molecule has 0 heterocycles. The summed E-state index contributed by atoms with van der Waals surface area (Å²) in [5.41, 5.74) is 1.66. The zero-order chi connectivity index (χ0) is 14.0. The number of nitrogens with one attached hydrogen (secondary N) is 1. The molecule has 2 heteroatoms. The standard InChI is InChI=1S/C17H27NO/c1-12(2)13-7-6-8-14(11-13)19-15-9-10-17(3,4)16(15)18-5/h6-8,11-12,15-16,18H,9-10H2,1-5H3. The molecule has 1 aromatic rings. The second-order valence-electron chi connectivity index (χ2n) is 6.68. The summed E-state index contributed by atoms with van der Waals surface area (Å²) in [4.78, 5) is 0. The van der Waals surface area contributed by atoms with Gasteiger partial charge in [-0.15, -0.1) is 0 Å². The highest BCUT2D eigenvalue weighted by Crippen LogP contribution is 2.39. The van der Waals surface area contributed by atoms with E-state index in [0.717, 1.165) is 12.2 Å². The first-order chi connectivity index (χ1) is 8.94. The van der Waals surface area contributed by atoms with E-state index in [1.54, 1.807) is 0 Å². The van der Waals surface area contributed by atoms with Gasteiger partial charge in [0.2, 0.25) is 0 Å². The van der Waals surface area contributed by atoms with Crippen LogP contribution in [0.25, 0.3) is 0 Å². The molecule has 19 heavy (non-hydrogen) atoms. The fourth-order valence-corrected chi connectivity index (χ4v) is 3.17. The van der Waals surface area contributed by atoms with E-state index in [9.17, 15) is 0 Å². The Bertz CT molecular complexity index is 425. The van der Waals surface area contributed by atoms with E-state index in [4.69, 9.17) is 4.74 Å². The number of benzene rings is 1. The van der Waals surface area contributed by atoms with Gasteiger partial charge in [-0.25, -0.2) is 0 Å². The molecule has 0 aliphatic heterocycles. The van der Waals surface area contributed by atoms with E-state index < -0.39 is 0 Å². The maximum atomic E-state index is 6.24. The van der Waals surface area contributed by atoms with Gasteiger partial charge in [0, 0.05) is 6.04 Å². The molecule has 2 unspecified atom stereocenters. The molecule has 1 fully saturated rings. The van der Waals surface area contributed by atoms with Gasteiger partial charge < -0.3 is 10.1 Å². The molecule has 0 radical (unpaired) electrons. The second kappa shape index (κ2) is 5.54. The fraction of sp³-hybridized carbons (Fsp3) is 0.647. The van der Waals surface area contributed by atoms with Gasteiger partial charge in [-0.05, 0) is 48.9 Å². The van der Waals surface area contributed by atoms with Crippen molar-refractivity contribution in [3.8, 4) is 5.75 Å². The van der Waals surface area contributed by atoms with Gasteiger partial charge in [-0.1, -0.05) is 39.8 Å². The highest BCUT2D eigenvalue weighted by Gasteiger charge is 2.42.